The number of halogens is 4. The van der Waals surface area contributed by atoms with E-state index in [4.69, 9.17) is 11.6 Å². The number of carbonyl (C=O) groups excluding carboxylic acids is 1. The Hall–Kier alpha value is -1.10. The molecule has 0 aliphatic rings. The lowest BCUT2D eigenvalue weighted by Crippen LogP contribution is -2.09. The van der Waals surface area contributed by atoms with Crippen molar-refractivity contribution in [1.29, 1.82) is 0 Å². The molecule has 0 saturated heterocycles. The molecule has 0 spiro atoms. The molecule has 88 valence electrons. The summed E-state index contributed by atoms with van der Waals surface area (Å²) in [6, 6.07) is 2.88. The van der Waals surface area contributed by atoms with Crippen molar-refractivity contribution in [2.24, 2.45) is 0 Å². The Bertz CT molecular complexity index is 361. The number of pyridine rings is 1. The van der Waals surface area contributed by atoms with Crippen LogP contribution in [0.4, 0.5) is 13.2 Å². The maximum atomic E-state index is 11.8. The van der Waals surface area contributed by atoms with Crippen molar-refractivity contribution in [3.8, 4) is 0 Å². The van der Waals surface area contributed by atoms with Crippen LogP contribution in [-0.2, 0) is 0 Å². The van der Waals surface area contributed by atoms with Crippen molar-refractivity contribution in [1.82, 2.24) is 4.98 Å². The molecule has 0 aliphatic heterocycles. The first-order valence-electron chi connectivity index (χ1n) is 4.60. The van der Waals surface area contributed by atoms with Crippen molar-refractivity contribution >= 4 is 17.4 Å². The highest BCUT2D eigenvalue weighted by molar-refractivity contribution is 6.30. The van der Waals surface area contributed by atoms with E-state index in [1.165, 1.54) is 18.3 Å². The molecule has 0 unspecified atom stereocenters. The van der Waals surface area contributed by atoms with Gasteiger partial charge in [0.25, 0.3) is 0 Å². The van der Waals surface area contributed by atoms with Gasteiger partial charge in [-0.25, -0.2) is 0 Å². The van der Waals surface area contributed by atoms with E-state index >= 15 is 0 Å². The fourth-order valence-electron chi connectivity index (χ4n) is 1.12. The smallest absolute Gasteiger partial charge is 0.292 e. The first kappa shape index (κ1) is 13.0. The van der Waals surface area contributed by atoms with Crippen molar-refractivity contribution in [2.75, 3.05) is 0 Å². The minimum atomic E-state index is -4.21. The predicted octanol–water partition coefficient (Wildman–Crippen LogP) is 3.65. The van der Waals surface area contributed by atoms with Gasteiger partial charge in [-0.05, 0) is 18.6 Å². The molecule has 1 rings (SSSR count). The third-order valence-electron chi connectivity index (χ3n) is 1.88. The molecule has 1 aromatic rings. The van der Waals surface area contributed by atoms with Gasteiger partial charge < -0.3 is 0 Å². The number of aromatic nitrogens is 1. The quantitative estimate of drug-likeness (QED) is 0.765. The molecule has 0 aromatic carbocycles. The molecular formula is C10H9ClF3NO. The number of ketones is 1. The second-order valence-corrected chi connectivity index (χ2v) is 3.69. The van der Waals surface area contributed by atoms with Crippen LogP contribution in [0.25, 0.3) is 0 Å². The Morgan fingerprint density at radius 1 is 1.38 bits per heavy atom. The predicted molar refractivity (Wildman–Crippen MR) is 53.5 cm³/mol. The molecule has 0 amide bonds. The summed E-state index contributed by atoms with van der Waals surface area (Å²) in [4.78, 5) is 15.1. The van der Waals surface area contributed by atoms with Crippen LogP contribution in [0.15, 0.2) is 18.3 Å². The molecule has 0 fully saturated rings. The van der Waals surface area contributed by atoms with Crippen molar-refractivity contribution in [3.63, 3.8) is 0 Å². The Morgan fingerprint density at radius 3 is 2.56 bits per heavy atom. The van der Waals surface area contributed by atoms with E-state index in [9.17, 15) is 18.0 Å². The van der Waals surface area contributed by atoms with Crippen molar-refractivity contribution in [2.45, 2.75) is 25.4 Å². The topological polar surface area (TPSA) is 30.0 Å². The zero-order valence-corrected chi connectivity index (χ0v) is 8.98. The monoisotopic (exact) mass is 251 g/mol. The van der Waals surface area contributed by atoms with Gasteiger partial charge in [0.05, 0.1) is 5.02 Å². The maximum absolute atomic E-state index is 11.8. The normalized spacial score (nSPS) is 11.5. The Labute approximate surface area is 95.4 Å². The number of alkyl halides is 3. The zero-order valence-electron chi connectivity index (χ0n) is 8.22. The van der Waals surface area contributed by atoms with Crippen molar-refractivity contribution < 1.29 is 18.0 Å². The number of hydrogen-bond acceptors (Lipinski definition) is 2. The van der Waals surface area contributed by atoms with Gasteiger partial charge in [0.2, 0.25) is 0 Å². The molecule has 0 N–H and O–H groups in total. The lowest BCUT2D eigenvalue weighted by atomic mass is 10.1. The summed E-state index contributed by atoms with van der Waals surface area (Å²) in [6.07, 6.45) is -4.25. The Balaban J connectivity index is 2.44. The molecule has 0 aliphatic carbocycles. The van der Waals surface area contributed by atoms with Crippen LogP contribution in [0.1, 0.15) is 29.8 Å². The van der Waals surface area contributed by atoms with Gasteiger partial charge in [-0.1, -0.05) is 11.6 Å². The first-order valence-corrected chi connectivity index (χ1v) is 4.98. The largest absolute Gasteiger partial charge is 0.389 e. The van der Waals surface area contributed by atoms with Gasteiger partial charge in [0.15, 0.2) is 5.78 Å². The third-order valence-corrected chi connectivity index (χ3v) is 2.10. The highest BCUT2D eigenvalue weighted by Gasteiger charge is 2.26. The molecular weight excluding hydrogens is 243 g/mol. The lowest BCUT2D eigenvalue weighted by Gasteiger charge is -2.04. The van der Waals surface area contributed by atoms with E-state index in [-0.39, 0.29) is 18.5 Å². The van der Waals surface area contributed by atoms with Crippen LogP contribution in [0.2, 0.25) is 5.02 Å². The van der Waals surface area contributed by atoms with Crippen LogP contribution < -0.4 is 0 Å². The number of carbonyl (C=O) groups is 1. The number of hydrogen-bond donors (Lipinski definition) is 0. The van der Waals surface area contributed by atoms with Gasteiger partial charge in [0.1, 0.15) is 5.69 Å². The second kappa shape index (κ2) is 5.30. The molecule has 2 nitrogen and oxygen atoms in total. The average molecular weight is 252 g/mol. The minimum absolute atomic E-state index is 0.145. The van der Waals surface area contributed by atoms with Crippen LogP contribution in [-0.4, -0.2) is 16.9 Å². The molecule has 0 bridgehead atoms. The molecule has 0 saturated carbocycles. The van der Waals surface area contributed by atoms with Crippen molar-refractivity contribution in [3.05, 3.63) is 29.0 Å². The van der Waals surface area contributed by atoms with Gasteiger partial charge in [-0.3, -0.25) is 9.78 Å². The van der Waals surface area contributed by atoms with Gasteiger partial charge in [-0.2, -0.15) is 13.2 Å². The number of nitrogens with zero attached hydrogens (tertiary/aromatic N) is 1. The molecule has 0 atom stereocenters. The lowest BCUT2D eigenvalue weighted by molar-refractivity contribution is -0.135. The zero-order chi connectivity index (χ0) is 12.2. The SMILES string of the molecule is O=C(CCCC(F)(F)F)c1ccc(Cl)cn1. The molecule has 0 radical (unpaired) electrons. The minimum Gasteiger partial charge on any atom is -0.292 e. The first-order chi connectivity index (χ1) is 7.38. The summed E-state index contributed by atoms with van der Waals surface area (Å²) in [5.41, 5.74) is 0.145. The van der Waals surface area contributed by atoms with E-state index < -0.39 is 18.4 Å². The number of rotatable bonds is 4. The van der Waals surface area contributed by atoms with E-state index in [0.717, 1.165) is 0 Å². The molecule has 16 heavy (non-hydrogen) atoms. The van der Waals surface area contributed by atoms with E-state index in [2.05, 4.69) is 4.98 Å². The summed E-state index contributed by atoms with van der Waals surface area (Å²) >= 11 is 5.56. The maximum Gasteiger partial charge on any atom is 0.389 e. The standard InChI is InChI=1S/C10H9ClF3NO/c11-7-3-4-8(15-6-7)9(16)2-1-5-10(12,13)14/h3-4,6H,1-2,5H2. The van der Waals surface area contributed by atoms with Crippen LogP contribution >= 0.6 is 11.6 Å². The van der Waals surface area contributed by atoms with E-state index in [0.29, 0.717) is 5.02 Å². The second-order valence-electron chi connectivity index (χ2n) is 3.25. The van der Waals surface area contributed by atoms with E-state index in [1.54, 1.807) is 0 Å². The van der Waals surface area contributed by atoms with Crippen LogP contribution in [0.5, 0.6) is 0 Å². The summed E-state index contributed by atoms with van der Waals surface area (Å²) in [7, 11) is 0. The number of Topliss-reactive ketones (excluding diaryl/α,β-unsaturated/α-hetero) is 1. The van der Waals surface area contributed by atoms with Gasteiger partial charge in [-0.15, -0.1) is 0 Å². The summed E-state index contributed by atoms with van der Waals surface area (Å²) < 4.78 is 35.5. The van der Waals surface area contributed by atoms with Crippen LogP contribution in [0, 0.1) is 0 Å². The van der Waals surface area contributed by atoms with Crippen LogP contribution in [0.3, 0.4) is 0 Å². The average Bonchev–Trinajstić information content (AvgIpc) is 2.16. The fourth-order valence-corrected chi connectivity index (χ4v) is 1.23. The van der Waals surface area contributed by atoms with Gasteiger partial charge in [0, 0.05) is 19.0 Å². The summed E-state index contributed by atoms with van der Waals surface area (Å²) in [5.74, 6) is -0.402. The molecule has 1 heterocycles. The molecule has 6 heteroatoms. The van der Waals surface area contributed by atoms with Gasteiger partial charge >= 0.3 is 6.18 Å². The van der Waals surface area contributed by atoms with E-state index in [1.807, 2.05) is 0 Å². The highest BCUT2D eigenvalue weighted by Crippen LogP contribution is 2.22. The Kier molecular flexibility index (Phi) is 4.29. The summed E-state index contributed by atoms with van der Waals surface area (Å²) in [6.45, 7) is 0. The summed E-state index contributed by atoms with van der Waals surface area (Å²) in [5, 5.41) is 0.381. The highest BCUT2D eigenvalue weighted by atomic mass is 35.5. The Morgan fingerprint density at radius 2 is 2.06 bits per heavy atom. The fraction of sp³-hybridized carbons (Fsp3) is 0.400. The molecule has 1 aromatic heterocycles. The third kappa shape index (κ3) is 4.61.